The number of carbonyl (C=O) groups is 1. The molecule has 1 amide bonds. The second kappa shape index (κ2) is 10.9. The molecule has 0 saturated carbocycles. The summed E-state index contributed by atoms with van der Waals surface area (Å²) < 4.78 is 10.4. The standard InChI is InChI=1S/C19H26N4O3.ClH/c1-25-16-9-7-15(8-10-16)19-22-18(26-23-19)6-2-5-17(24)21-13-14-4-3-11-20-12-14;/h7-10,14,20H,2-6,11-13H2,1H3,(H,21,24);1H. The molecule has 0 spiro atoms. The molecule has 2 aromatic rings. The van der Waals surface area contributed by atoms with Crippen LogP contribution >= 0.6 is 12.4 Å². The van der Waals surface area contributed by atoms with Crippen LogP contribution in [-0.2, 0) is 11.2 Å². The van der Waals surface area contributed by atoms with Crippen LogP contribution in [0.15, 0.2) is 28.8 Å². The Kier molecular flexibility index (Phi) is 8.54. The van der Waals surface area contributed by atoms with Crippen molar-refractivity contribution in [2.24, 2.45) is 5.92 Å². The number of hydrogen-bond donors (Lipinski definition) is 2. The average Bonchev–Trinajstić information content (AvgIpc) is 3.16. The van der Waals surface area contributed by atoms with Crippen molar-refractivity contribution >= 4 is 18.3 Å². The highest BCUT2D eigenvalue weighted by molar-refractivity contribution is 5.85. The first-order chi connectivity index (χ1) is 12.7. The summed E-state index contributed by atoms with van der Waals surface area (Å²) >= 11 is 0. The van der Waals surface area contributed by atoms with Gasteiger partial charge >= 0.3 is 0 Å². The fraction of sp³-hybridized carbons (Fsp3) is 0.526. The summed E-state index contributed by atoms with van der Waals surface area (Å²) in [6.07, 6.45) is 4.14. The van der Waals surface area contributed by atoms with E-state index in [0.29, 0.717) is 36.9 Å². The molecule has 148 valence electrons. The molecule has 3 rings (SSSR count). The number of amides is 1. The van der Waals surface area contributed by atoms with Crippen LogP contribution in [0.4, 0.5) is 0 Å². The first-order valence-corrected chi connectivity index (χ1v) is 9.19. The zero-order valence-electron chi connectivity index (χ0n) is 15.6. The quantitative estimate of drug-likeness (QED) is 0.715. The fourth-order valence-electron chi connectivity index (χ4n) is 3.06. The van der Waals surface area contributed by atoms with Gasteiger partial charge in [0.25, 0.3) is 0 Å². The van der Waals surface area contributed by atoms with Gasteiger partial charge in [-0.05, 0) is 62.5 Å². The number of nitrogens with one attached hydrogen (secondary N) is 2. The Hall–Kier alpha value is -2.12. The molecule has 1 unspecified atom stereocenters. The Morgan fingerprint density at radius 3 is 2.89 bits per heavy atom. The molecule has 1 saturated heterocycles. The Balaban J connectivity index is 0.00000261. The van der Waals surface area contributed by atoms with Crippen LogP contribution < -0.4 is 15.4 Å². The zero-order chi connectivity index (χ0) is 18.2. The number of benzene rings is 1. The maximum absolute atomic E-state index is 12.0. The van der Waals surface area contributed by atoms with Gasteiger partial charge in [0.2, 0.25) is 17.6 Å². The molecule has 2 N–H and O–H groups in total. The highest BCUT2D eigenvalue weighted by Gasteiger charge is 2.14. The summed E-state index contributed by atoms with van der Waals surface area (Å²) in [4.78, 5) is 16.3. The van der Waals surface area contributed by atoms with E-state index >= 15 is 0 Å². The molecule has 1 aromatic carbocycles. The number of aryl methyl sites for hydroxylation is 1. The summed E-state index contributed by atoms with van der Waals surface area (Å²) in [6.45, 7) is 2.84. The second-order valence-electron chi connectivity index (χ2n) is 6.61. The molecule has 1 fully saturated rings. The van der Waals surface area contributed by atoms with Gasteiger partial charge in [-0.3, -0.25) is 4.79 Å². The summed E-state index contributed by atoms with van der Waals surface area (Å²) in [5.74, 6) is 2.53. The van der Waals surface area contributed by atoms with Gasteiger partial charge in [-0.1, -0.05) is 5.16 Å². The number of carbonyl (C=O) groups excluding carboxylic acids is 1. The molecule has 1 atom stereocenters. The molecule has 1 aromatic heterocycles. The third-order valence-electron chi connectivity index (χ3n) is 4.60. The molecule has 27 heavy (non-hydrogen) atoms. The van der Waals surface area contributed by atoms with Crippen LogP contribution in [0, 0.1) is 5.92 Å². The van der Waals surface area contributed by atoms with Crippen molar-refractivity contribution in [3.8, 4) is 17.1 Å². The Morgan fingerprint density at radius 2 is 2.19 bits per heavy atom. The third-order valence-corrected chi connectivity index (χ3v) is 4.60. The van der Waals surface area contributed by atoms with Crippen LogP contribution in [-0.4, -0.2) is 42.8 Å². The SMILES string of the molecule is COc1ccc(-c2noc(CCCC(=O)NCC3CCCNC3)n2)cc1.Cl. The lowest BCUT2D eigenvalue weighted by atomic mass is 10.00. The normalized spacial score (nSPS) is 16.4. The summed E-state index contributed by atoms with van der Waals surface area (Å²) in [7, 11) is 1.63. The Labute approximate surface area is 165 Å². The van der Waals surface area contributed by atoms with Crippen molar-refractivity contribution in [3.05, 3.63) is 30.2 Å². The molecule has 0 aliphatic carbocycles. The minimum Gasteiger partial charge on any atom is -0.497 e. The molecular formula is C19H27ClN4O3. The van der Waals surface area contributed by atoms with E-state index in [1.54, 1.807) is 7.11 Å². The Bertz CT molecular complexity index is 699. The van der Waals surface area contributed by atoms with Crippen LogP contribution in [0.1, 0.15) is 31.6 Å². The summed E-state index contributed by atoms with van der Waals surface area (Å²) in [5.41, 5.74) is 0.875. The Morgan fingerprint density at radius 1 is 1.37 bits per heavy atom. The number of aromatic nitrogens is 2. The van der Waals surface area contributed by atoms with Crippen molar-refractivity contribution < 1.29 is 14.1 Å². The maximum atomic E-state index is 12.0. The number of halogens is 1. The van der Waals surface area contributed by atoms with E-state index in [-0.39, 0.29) is 18.3 Å². The summed E-state index contributed by atoms with van der Waals surface area (Å²) in [6, 6.07) is 7.50. The van der Waals surface area contributed by atoms with E-state index in [4.69, 9.17) is 9.26 Å². The zero-order valence-corrected chi connectivity index (χ0v) is 16.4. The van der Waals surface area contributed by atoms with Crippen molar-refractivity contribution in [2.75, 3.05) is 26.7 Å². The molecule has 7 nitrogen and oxygen atoms in total. The molecule has 1 aliphatic heterocycles. The van der Waals surface area contributed by atoms with Crippen LogP contribution in [0.25, 0.3) is 11.4 Å². The minimum atomic E-state index is 0. The average molecular weight is 395 g/mol. The summed E-state index contributed by atoms with van der Waals surface area (Å²) in [5, 5.41) is 10.4. The van der Waals surface area contributed by atoms with Gasteiger partial charge in [0.05, 0.1) is 7.11 Å². The highest BCUT2D eigenvalue weighted by atomic mass is 35.5. The lowest BCUT2D eigenvalue weighted by molar-refractivity contribution is -0.121. The fourth-order valence-corrected chi connectivity index (χ4v) is 3.06. The number of ether oxygens (including phenoxy) is 1. The smallest absolute Gasteiger partial charge is 0.226 e. The van der Waals surface area contributed by atoms with Gasteiger partial charge in [-0.2, -0.15) is 4.98 Å². The second-order valence-corrected chi connectivity index (χ2v) is 6.61. The molecule has 8 heteroatoms. The van der Waals surface area contributed by atoms with Crippen molar-refractivity contribution in [1.82, 2.24) is 20.8 Å². The van der Waals surface area contributed by atoms with Gasteiger partial charge in [0.1, 0.15) is 5.75 Å². The number of rotatable bonds is 8. The van der Waals surface area contributed by atoms with E-state index in [9.17, 15) is 4.79 Å². The van der Waals surface area contributed by atoms with Crippen molar-refractivity contribution in [3.63, 3.8) is 0 Å². The van der Waals surface area contributed by atoms with Gasteiger partial charge in [0.15, 0.2) is 0 Å². The third kappa shape index (κ3) is 6.52. The lowest BCUT2D eigenvalue weighted by Gasteiger charge is -2.22. The van der Waals surface area contributed by atoms with Gasteiger partial charge in [-0.15, -0.1) is 12.4 Å². The van der Waals surface area contributed by atoms with E-state index in [1.807, 2.05) is 24.3 Å². The number of piperidine rings is 1. The molecule has 1 aliphatic rings. The van der Waals surface area contributed by atoms with Crippen molar-refractivity contribution in [2.45, 2.75) is 32.1 Å². The van der Waals surface area contributed by atoms with Gasteiger partial charge < -0.3 is 19.9 Å². The van der Waals surface area contributed by atoms with Gasteiger partial charge in [-0.25, -0.2) is 0 Å². The largest absolute Gasteiger partial charge is 0.497 e. The van der Waals surface area contributed by atoms with Crippen LogP contribution in [0.3, 0.4) is 0 Å². The molecule has 2 heterocycles. The van der Waals surface area contributed by atoms with Crippen LogP contribution in [0.5, 0.6) is 5.75 Å². The van der Waals surface area contributed by atoms with E-state index < -0.39 is 0 Å². The monoisotopic (exact) mass is 394 g/mol. The predicted molar refractivity (Wildman–Crippen MR) is 105 cm³/mol. The highest BCUT2D eigenvalue weighted by Crippen LogP contribution is 2.20. The lowest BCUT2D eigenvalue weighted by Crippen LogP contribution is -2.38. The van der Waals surface area contributed by atoms with E-state index in [0.717, 1.165) is 30.9 Å². The van der Waals surface area contributed by atoms with Crippen molar-refractivity contribution in [1.29, 1.82) is 0 Å². The topological polar surface area (TPSA) is 89.3 Å². The molecule has 0 bridgehead atoms. The maximum Gasteiger partial charge on any atom is 0.226 e. The van der Waals surface area contributed by atoms with Crippen LogP contribution in [0.2, 0.25) is 0 Å². The first-order valence-electron chi connectivity index (χ1n) is 9.19. The number of nitrogens with zero attached hydrogens (tertiary/aromatic N) is 2. The van der Waals surface area contributed by atoms with E-state index in [1.165, 1.54) is 12.8 Å². The predicted octanol–water partition coefficient (Wildman–Crippen LogP) is 2.61. The molecular weight excluding hydrogens is 368 g/mol. The molecule has 0 radical (unpaired) electrons. The minimum absolute atomic E-state index is 0. The number of hydrogen-bond acceptors (Lipinski definition) is 6. The van der Waals surface area contributed by atoms with E-state index in [2.05, 4.69) is 20.8 Å². The first kappa shape index (κ1) is 21.2. The van der Waals surface area contributed by atoms with Gasteiger partial charge in [0, 0.05) is 24.9 Å². The number of methoxy groups -OCH3 is 1.